The molecule has 1 fully saturated rings. The highest BCUT2D eigenvalue weighted by Crippen LogP contribution is 2.22. The summed E-state index contributed by atoms with van der Waals surface area (Å²) in [6.45, 7) is 1.91. The van der Waals surface area contributed by atoms with Crippen LogP contribution in [0.4, 0.5) is 0 Å². The van der Waals surface area contributed by atoms with Crippen molar-refractivity contribution in [3.8, 4) is 0 Å². The Bertz CT molecular complexity index is 272. The molecule has 16 heavy (non-hydrogen) atoms. The fraction of sp³-hybridized carbons (Fsp3) is 0.800. The zero-order valence-electron chi connectivity index (χ0n) is 9.14. The van der Waals surface area contributed by atoms with Gasteiger partial charge in [0.15, 0.2) is 6.10 Å². The number of carbonyl (C=O) groups is 2. The highest BCUT2D eigenvalue weighted by molar-refractivity contribution is 5.78. The molecule has 6 heteroatoms. The first kappa shape index (κ1) is 12.9. The largest absolute Gasteiger partial charge is 0.452 e. The van der Waals surface area contributed by atoms with Crippen LogP contribution in [0, 0.1) is 0 Å². The fourth-order valence-electron chi connectivity index (χ4n) is 1.42. The third-order valence-corrected chi connectivity index (χ3v) is 2.31. The molecule has 0 aromatic rings. The van der Waals surface area contributed by atoms with Crippen LogP contribution < -0.4 is 0 Å². The molecule has 0 aromatic carbocycles. The Labute approximate surface area is 93.2 Å². The quantitative estimate of drug-likeness (QED) is 0.528. The van der Waals surface area contributed by atoms with E-state index in [1.54, 1.807) is 0 Å². The van der Waals surface area contributed by atoms with Crippen molar-refractivity contribution in [1.29, 1.82) is 0 Å². The van der Waals surface area contributed by atoms with Gasteiger partial charge in [0.2, 0.25) is 0 Å². The number of hydrogen-bond donors (Lipinski definition) is 2. The van der Waals surface area contributed by atoms with Crippen LogP contribution >= 0.6 is 0 Å². The molecule has 1 atom stereocenters. The van der Waals surface area contributed by atoms with E-state index in [1.165, 1.54) is 0 Å². The Hall–Kier alpha value is -1.14. The smallest absolute Gasteiger partial charge is 0.363 e. The topological polar surface area (TPSA) is 93.1 Å². The van der Waals surface area contributed by atoms with Crippen LogP contribution in [-0.2, 0) is 19.1 Å². The number of ether oxygens (including phenoxy) is 2. The molecular formula is C10H16O6. The predicted octanol–water partition coefficient (Wildman–Crippen LogP) is 0.0638. The molecule has 0 bridgehead atoms. The van der Waals surface area contributed by atoms with Crippen LogP contribution in [0.25, 0.3) is 0 Å². The fourth-order valence-corrected chi connectivity index (χ4v) is 1.42. The lowest BCUT2D eigenvalue weighted by Crippen LogP contribution is -2.49. The van der Waals surface area contributed by atoms with E-state index in [9.17, 15) is 19.8 Å². The maximum atomic E-state index is 11.2. The van der Waals surface area contributed by atoms with E-state index in [0.717, 1.165) is 6.42 Å². The molecular weight excluding hydrogens is 216 g/mol. The second kappa shape index (κ2) is 5.27. The summed E-state index contributed by atoms with van der Waals surface area (Å²) in [6.07, 6.45) is 0.155. The Morgan fingerprint density at radius 2 is 1.94 bits per heavy atom. The van der Waals surface area contributed by atoms with Crippen molar-refractivity contribution < 1.29 is 29.3 Å². The van der Waals surface area contributed by atoms with Gasteiger partial charge in [-0.05, 0) is 12.8 Å². The van der Waals surface area contributed by atoms with Crippen LogP contribution in [0.3, 0.4) is 0 Å². The molecule has 0 saturated carbocycles. The molecule has 0 spiro atoms. The van der Waals surface area contributed by atoms with Crippen LogP contribution in [0.2, 0.25) is 0 Å². The maximum Gasteiger partial charge on any atom is 0.363 e. The van der Waals surface area contributed by atoms with Crippen molar-refractivity contribution in [1.82, 2.24) is 0 Å². The lowest BCUT2D eigenvalue weighted by atomic mass is 10.1. The first-order chi connectivity index (χ1) is 7.45. The van der Waals surface area contributed by atoms with Crippen molar-refractivity contribution in [3.05, 3.63) is 0 Å². The molecule has 1 saturated heterocycles. The molecule has 6 nitrogen and oxygen atoms in total. The van der Waals surface area contributed by atoms with E-state index in [1.807, 2.05) is 6.92 Å². The average Bonchev–Trinajstić information content (AvgIpc) is 2.19. The summed E-state index contributed by atoms with van der Waals surface area (Å²) in [5.41, 5.74) is 0. The lowest BCUT2D eigenvalue weighted by molar-refractivity contribution is -0.362. The lowest BCUT2D eigenvalue weighted by Gasteiger charge is -2.31. The SMILES string of the molecule is CCCCC1OC(=O)CCC(=O)OC1(O)O. The van der Waals surface area contributed by atoms with Gasteiger partial charge in [-0.25, -0.2) is 0 Å². The minimum Gasteiger partial charge on any atom is -0.452 e. The molecule has 1 rings (SSSR count). The monoisotopic (exact) mass is 232 g/mol. The van der Waals surface area contributed by atoms with Gasteiger partial charge in [0.1, 0.15) is 0 Å². The second-order valence-electron chi connectivity index (χ2n) is 3.75. The molecule has 0 amide bonds. The predicted molar refractivity (Wildman–Crippen MR) is 51.9 cm³/mol. The van der Waals surface area contributed by atoms with Crippen molar-refractivity contribution in [2.75, 3.05) is 0 Å². The number of carbonyl (C=O) groups excluding carboxylic acids is 2. The van der Waals surface area contributed by atoms with E-state index in [4.69, 9.17) is 4.74 Å². The molecule has 92 valence electrons. The van der Waals surface area contributed by atoms with Crippen LogP contribution in [0.1, 0.15) is 39.0 Å². The molecule has 1 aliphatic rings. The van der Waals surface area contributed by atoms with Gasteiger partial charge in [-0.15, -0.1) is 0 Å². The van der Waals surface area contributed by atoms with E-state index in [-0.39, 0.29) is 19.3 Å². The van der Waals surface area contributed by atoms with Gasteiger partial charge < -0.3 is 19.7 Å². The van der Waals surface area contributed by atoms with Crippen molar-refractivity contribution in [3.63, 3.8) is 0 Å². The molecule has 2 N–H and O–H groups in total. The Morgan fingerprint density at radius 1 is 1.31 bits per heavy atom. The zero-order chi connectivity index (χ0) is 12.2. The summed E-state index contributed by atoms with van der Waals surface area (Å²) in [7, 11) is 0. The highest BCUT2D eigenvalue weighted by Gasteiger charge is 2.43. The standard InChI is InChI=1S/C10H16O6/c1-2-3-4-7-10(13,14)16-9(12)6-5-8(11)15-7/h7,13-14H,2-6H2,1H3. The maximum absolute atomic E-state index is 11.2. The van der Waals surface area contributed by atoms with Gasteiger partial charge in [-0.3, -0.25) is 9.59 Å². The van der Waals surface area contributed by atoms with Crippen molar-refractivity contribution in [2.45, 2.75) is 51.1 Å². The summed E-state index contributed by atoms with van der Waals surface area (Å²) in [5, 5.41) is 19.0. The minimum atomic E-state index is -2.72. The van der Waals surface area contributed by atoms with E-state index >= 15 is 0 Å². The second-order valence-corrected chi connectivity index (χ2v) is 3.75. The van der Waals surface area contributed by atoms with Gasteiger partial charge in [-0.1, -0.05) is 13.3 Å². The number of aliphatic hydroxyl groups is 2. The third-order valence-electron chi connectivity index (χ3n) is 2.31. The summed E-state index contributed by atoms with van der Waals surface area (Å²) >= 11 is 0. The number of unbranched alkanes of at least 4 members (excludes halogenated alkanes) is 1. The summed E-state index contributed by atoms with van der Waals surface area (Å²) in [4.78, 5) is 22.3. The average molecular weight is 232 g/mol. The first-order valence-corrected chi connectivity index (χ1v) is 5.31. The number of hydrogen-bond acceptors (Lipinski definition) is 6. The molecule has 1 heterocycles. The number of cyclic esters (lactones) is 2. The van der Waals surface area contributed by atoms with Gasteiger partial charge in [-0.2, -0.15) is 0 Å². The number of rotatable bonds is 3. The summed E-state index contributed by atoms with van der Waals surface area (Å²) < 4.78 is 9.27. The van der Waals surface area contributed by atoms with Crippen LogP contribution in [-0.4, -0.2) is 34.2 Å². The number of esters is 2. The van der Waals surface area contributed by atoms with Crippen LogP contribution in [0.5, 0.6) is 0 Å². The molecule has 0 aliphatic carbocycles. The van der Waals surface area contributed by atoms with Crippen LogP contribution in [0.15, 0.2) is 0 Å². The van der Waals surface area contributed by atoms with Gasteiger partial charge in [0.05, 0.1) is 12.8 Å². The van der Waals surface area contributed by atoms with E-state index in [0.29, 0.717) is 6.42 Å². The summed E-state index contributed by atoms with van der Waals surface area (Å²) in [5.74, 6) is -4.16. The Kier molecular flexibility index (Phi) is 4.26. The van der Waals surface area contributed by atoms with Gasteiger partial charge >= 0.3 is 17.9 Å². The molecule has 1 unspecified atom stereocenters. The zero-order valence-corrected chi connectivity index (χ0v) is 9.14. The first-order valence-electron chi connectivity index (χ1n) is 5.31. The highest BCUT2D eigenvalue weighted by atomic mass is 16.8. The van der Waals surface area contributed by atoms with Gasteiger partial charge in [0.25, 0.3) is 0 Å². The summed E-state index contributed by atoms with van der Waals surface area (Å²) in [6, 6.07) is 0. The van der Waals surface area contributed by atoms with E-state index in [2.05, 4.69) is 4.74 Å². The van der Waals surface area contributed by atoms with Gasteiger partial charge in [0, 0.05) is 0 Å². The molecule has 0 aromatic heterocycles. The molecule has 1 aliphatic heterocycles. The third kappa shape index (κ3) is 3.46. The normalized spacial score (nSPS) is 25.3. The Morgan fingerprint density at radius 3 is 2.56 bits per heavy atom. The van der Waals surface area contributed by atoms with Crippen molar-refractivity contribution >= 4 is 11.9 Å². The van der Waals surface area contributed by atoms with E-state index < -0.39 is 24.0 Å². The Balaban J connectivity index is 2.73. The van der Waals surface area contributed by atoms with Crippen molar-refractivity contribution in [2.24, 2.45) is 0 Å². The minimum absolute atomic E-state index is 0.0997. The molecule has 0 radical (unpaired) electrons.